The van der Waals surface area contributed by atoms with Crippen LogP contribution >= 0.6 is 11.6 Å². The van der Waals surface area contributed by atoms with E-state index in [0.29, 0.717) is 5.56 Å². The Morgan fingerprint density at radius 1 is 1.62 bits per heavy atom. The molecule has 0 fully saturated rings. The number of halogens is 2. The first-order valence-electron chi connectivity index (χ1n) is 4.70. The summed E-state index contributed by atoms with van der Waals surface area (Å²) in [6, 6.07) is 2.65. The lowest BCUT2D eigenvalue weighted by molar-refractivity contribution is -0.141. The van der Waals surface area contributed by atoms with Crippen LogP contribution in [-0.2, 0) is 11.2 Å². The number of methoxy groups -OCH3 is 1. The van der Waals surface area contributed by atoms with Gasteiger partial charge in [-0.05, 0) is 24.1 Å². The van der Waals surface area contributed by atoms with Gasteiger partial charge in [-0.2, -0.15) is 0 Å². The van der Waals surface area contributed by atoms with Crippen LogP contribution < -0.4 is 4.74 Å². The van der Waals surface area contributed by atoms with Crippen molar-refractivity contribution < 1.29 is 19.0 Å². The van der Waals surface area contributed by atoms with Crippen LogP contribution in [0.15, 0.2) is 12.1 Å². The van der Waals surface area contributed by atoms with E-state index in [1.807, 2.05) is 0 Å². The van der Waals surface area contributed by atoms with Gasteiger partial charge in [-0.3, -0.25) is 4.79 Å². The van der Waals surface area contributed by atoms with Crippen molar-refractivity contribution >= 4 is 17.6 Å². The molecule has 1 aromatic carbocycles. The molecule has 0 aromatic heterocycles. The first-order chi connectivity index (χ1) is 7.45. The normalized spacial score (nSPS) is 12.2. The molecule has 0 spiro atoms. The maximum Gasteiger partial charge on any atom is 0.306 e. The molecule has 0 aliphatic rings. The summed E-state index contributed by atoms with van der Waals surface area (Å²) in [4.78, 5) is 10.7. The topological polar surface area (TPSA) is 46.5 Å². The Labute approximate surface area is 97.8 Å². The summed E-state index contributed by atoms with van der Waals surface area (Å²) in [5.41, 5.74) is 0.461. The van der Waals surface area contributed by atoms with E-state index in [1.165, 1.54) is 13.2 Å². The van der Waals surface area contributed by atoms with Crippen LogP contribution in [0.3, 0.4) is 0 Å². The van der Waals surface area contributed by atoms with E-state index in [-0.39, 0.29) is 17.2 Å². The smallest absolute Gasteiger partial charge is 0.306 e. The van der Waals surface area contributed by atoms with Crippen molar-refractivity contribution in [1.82, 2.24) is 0 Å². The van der Waals surface area contributed by atoms with Gasteiger partial charge in [0.1, 0.15) is 0 Å². The van der Waals surface area contributed by atoms with Gasteiger partial charge in [-0.25, -0.2) is 4.39 Å². The van der Waals surface area contributed by atoms with Gasteiger partial charge in [-0.15, -0.1) is 0 Å². The van der Waals surface area contributed by atoms with Crippen LogP contribution in [0.4, 0.5) is 4.39 Å². The molecular formula is C11H12ClFO3. The average molecular weight is 247 g/mol. The van der Waals surface area contributed by atoms with Crippen molar-refractivity contribution in [2.24, 2.45) is 5.92 Å². The lowest BCUT2D eigenvalue weighted by atomic mass is 10.0. The fourth-order valence-electron chi connectivity index (χ4n) is 1.41. The summed E-state index contributed by atoms with van der Waals surface area (Å²) in [6.45, 7) is 1.54. The van der Waals surface area contributed by atoms with Crippen molar-refractivity contribution in [2.75, 3.05) is 7.11 Å². The molecule has 3 nitrogen and oxygen atoms in total. The first-order valence-corrected chi connectivity index (χ1v) is 5.08. The molecule has 0 bridgehead atoms. The van der Waals surface area contributed by atoms with Crippen LogP contribution in [0.1, 0.15) is 12.5 Å². The molecule has 1 atom stereocenters. The third kappa shape index (κ3) is 2.85. The van der Waals surface area contributed by atoms with Crippen molar-refractivity contribution in [3.8, 4) is 5.75 Å². The van der Waals surface area contributed by atoms with E-state index in [0.717, 1.165) is 6.07 Å². The van der Waals surface area contributed by atoms with Gasteiger partial charge in [0, 0.05) is 5.02 Å². The fourth-order valence-corrected chi connectivity index (χ4v) is 1.64. The van der Waals surface area contributed by atoms with Crippen molar-refractivity contribution in [1.29, 1.82) is 0 Å². The highest BCUT2D eigenvalue weighted by Gasteiger charge is 2.17. The van der Waals surface area contributed by atoms with E-state index in [9.17, 15) is 9.18 Å². The largest absolute Gasteiger partial charge is 0.493 e. The Morgan fingerprint density at radius 3 is 2.75 bits per heavy atom. The molecule has 0 heterocycles. The molecule has 1 N–H and O–H groups in total. The highest BCUT2D eigenvalue weighted by Crippen LogP contribution is 2.28. The van der Waals surface area contributed by atoms with Gasteiger partial charge in [0.05, 0.1) is 13.0 Å². The number of aliphatic carboxylic acids is 1. The molecule has 88 valence electrons. The quantitative estimate of drug-likeness (QED) is 0.889. The number of hydrogen-bond acceptors (Lipinski definition) is 2. The summed E-state index contributed by atoms with van der Waals surface area (Å²) in [7, 11) is 1.33. The highest BCUT2D eigenvalue weighted by atomic mass is 35.5. The number of hydrogen-bond donors (Lipinski definition) is 1. The second-order valence-corrected chi connectivity index (χ2v) is 3.96. The van der Waals surface area contributed by atoms with Crippen LogP contribution in [0.25, 0.3) is 0 Å². The molecule has 0 aliphatic carbocycles. The van der Waals surface area contributed by atoms with Crippen LogP contribution in [-0.4, -0.2) is 18.2 Å². The van der Waals surface area contributed by atoms with E-state index in [1.54, 1.807) is 6.92 Å². The van der Waals surface area contributed by atoms with Crippen molar-refractivity contribution in [2.45, 2.75) is 13.3 Å². The van der Waals surface area contributed by atoms with Crippen LogP contribution in [0.2, 0.25) is 5.02 Å². The highest BCUT2D eigenvalue weighted by molar-refractivity contribution is 6.30. The van der Waals surface area contributed by atoms with Gasteiger partial charge >= 0.3 is 5.97 Å². The maximum atomic E-state index is 13.4. The fraction of sp³-hybridized carbons (Fsp3) is 0.364. The average Bonchev–Trinajstić information content (AvgIpc) is 2.16. The number of carboxylic acid groups (broad SMARTS) is 1. The number of carboxylic acids is 1. The van der Waals surface area contributed by atoms with Crippen molar-refractivity contribution in [3.05, 3.63) is 28.5 Å². The standard InChI is InChI=1S/C11H12ClFO3/c1-6(11(14)15)3-7-4-8(12)5-9(13)10(7)16-2/h4-6H,3H2,1-2H3,(H,14,15). The van der Waals surface area contributed by atoms with E-state index in [2.05, 4.69) is 0 Å². The number of carbonyl (C=O) groups is 1. The summed E-state index contributed by atoms with van der Waals surface area (Å²) in [5.74, 6) is -2.09. The molecule has 0 amide bonds. The molecule has 0 radical (unpaired) electrons. The Bertz CT molecular complexity index is 406. The summed E-state index contributed by atoms with van der Waals surface area (Å²) in [6.07, 6.45) is 0.177. The van der Waals surface area contributed by atoms with E-state index >= 15 is 0 Å². The minimum Gasteiger partial charge on any atom is -0.493 e. The Kier molecular flexibility index (Phi) is 4.12. The van der Waals surface area contributed by atoms with Gasteiger partial charge in [-0.1, -0.05) is 18.5 Å². The zero-order valence-corrected chi connectivity index (χ0v) is 9.71. The molecule has 0 saturated heterocycles. The van der Waals surface area contributed by atoms with Gasteiger partial charge in [0.2, 0.25) is 0 Å². The maximum absolute atomic E-state index is 13.4. The van der Waals surface area contributed by atoms with Crippen LogP contribution in [0, 0.1) is 11.7 Å². The Morgan fingerprint density at radius 2 is 2.25 bits per heavy atom. The molecule has 0 aliphatic heterocycles. The third-order valence-electron chi connectivity index (χ3n) is 2.24. The summed E-state index contributed by atoms with van der Waals surface area (Å²) < 4.78 is 18.3. The van der Waals surface area contributed by atoms with Crippen LogP contribution in [0.5, 0.6) is 5.75 Å². The number of rotatable bonds is 4. The molecular weight excluding hydrogens is 235 g/mol. The lowest BCUT2D eigenvalue weighted by Crippen LogP contribution is -2.13. The number of ether oxygens (including phenoxy) is 1. The molecule has 1 aromatic rings. The molecule has 1 rings (SSSR count). The summed E-state index contributed by atoms with van der Waals surface area (Å²) >= 11 is 5.70. The van der Waals surface area contributed by atoms with E-state index < -0.39 is 17.7 Å². The molecule has 5 heteroatoms. The zero-order valence-electron chi connectivity index (χ0n) is 8.96. The predicted octanol–water partition coefficient (Wildman–Crippen LogP) is 2.75. The van der Waals surface area contributed by atoms with Gasteiger partial charge in [0.25, 0.3) is 0 Å². The van der Waals surface area contributed by atoms with Gasteiger partial charge < -0.3 is 9.84 Å². The molecule has 16 heavy (non-hydrogen) atoms. The Hall–Kier alpha value is -1.29. The molecule has 1 unspecified atom stereocenters. The van der Waals surface area contributed by atoms with Gasteiger partial charge in [0.15, 0.2) is 11.6 Å². The first kappa shape index (κ1) is 12.8. The lowest BCUT2D eigenvalue weighted by Gasteiger charge is -2.12. The minimum atomic E-state index is -0.942. The van der Waals surface area contributed by atoms with E-state index in [4.69, 9.17) is 21.4 Å². The monoisotopic (exact) mass is 246 g/mol. The Balaban J connectivity index is 3.07. The predicted molar refractivity (Wildman–Crippen MR) is 58.5 cm³/mol. The summed E-state index contributed by atoms with van der Waals surface area (Å²) in [5, 5.41) is 9.01. The minimum absolute atomic E-state index is 0.0532. The molecule has 0 saturated carbocycles. The number of benzene rings is 1. The second kappa shape index (κ2) is 5.16. The third-order valence-corrected chi connectivity index (χ3v) is 2.46. The SMILES string of the molecule is COc1c(F)cc(Cl)cc1CC(C)C(=O)O. The zero-order chi connectivity index (χ0) is 12.3. The second-order valence-electron chi connectivity index (χ2n) is 3.52. The van der Waals surface area contributed by atoms with Crippen molar-refractivity contribution in [3.63, 3.8) is 0 Å².